The molecule has 1 atom stereocenters. The van der Waals surface area contributed by atoms with Crippen LogP contribution in [0.3, 0.4) is 0 Å². The van der Waals surface area contributed by atoms with Gasteiger partial charge in [-0.1, -0.05) is 6.42 Å². The molecule has 0 aliphatic heterocycles. The highest BCUT2D eigenvalue weighted by atomic mass is 19.4. The second kappa shape index (κ2) is 6.94. The van der Waals surface area contributed by atoms with E-state index in [1.807, 2.05) is 0 Å². The summed E-state index contributed by atoms with van der Waals surface area (Å²) in [5, 5.41) is 6.80. The Balaban J connectivity index is 1.75. The molecule has 1 aromatic heterocycles. The number of alkyl halides is 5. The lowest BCUT2D eigenvalue weighted by Gasteiger charge is -2.36. The topological polar surface area (TPSA) is 56.1 Å². The van der Waals surface area contributed by atoms with Crippen LogP contribution in [0.25, 0.3) is 0 Å². The highest BCUT2D eigenvalue weighted by Gasteiger charge is 2.49. The lowest BCUT2D eigenvalue weighted by molar-refractivity contribution is -0.151. The molecule has 1 heterocycles. The van der Waals surface area contributed by atoms with Crippen LogP contribution in [0.2, 0.25) is 0 Å². The molecule has 10 heteroatoms. The minimum absolute atomic E-state index is 0.103. The lowest BCUT2D eigenvalue weighted by atomic mass is 9.73. The van der Waals surface area contributed by atoms with Crippen LogP contribution in [0.15, 0.2) is 0 Å². The molecule has 0 spiro atoms. The summed E-state index contributed by atoms with van der Waals surface area (Å²) in [7, 11) is 1.57. The highest BCUT2D eigenvalue weighted by Crippen LogP contribution is 2.52. The summed E-state index contributed by atoms with van der Waals surface area (Å²) in [6.45, 7) is 1.16. The first-order valence-electron chi connectivity index (χ1n) is 8.94. The second-order valence-corrected chi connectivity index (χ2v) is 7.52. The summed E-state index contributed by atoms with van der Waals surface area (Å²) >= 11 is 0. The summed E-state index contributed by atoms with van der Waals surface area (Å²) in [6.07, 6.45) is -5.89. The Hall–Kier alpha value is -1.87. The zero-order chi connectivity index (χ0) is 20.0. The van der Waals surface area contributed by atoms with Gasteiger partial charge in [-0.3, -0.25) is 10.00 Å². The van der Waals surface area contributed by atoms with Gasteiger partial charge in [-0.2, -0.15) is 18.3 Å². The number of aryl methyl sites for hydroxylation is 1. The van der Waals surface area contributed by atoms with Gasteiger partial charge in [-0.15, -0.1) is 0 Å². The van der Waals surface area contributed by atoms with Crippen molar-refractivity contribution >= 4 is 11.9 Å². The van der Waals surface area contributed by atoms with Gasteiger partial charge in [0, 0.05) is 31.4 Å². The van der Waals surface area contributed by atoms with Crippen molar-refractivity contribution in [2.24, 2.45) is 7.05 Å². The fourth-order valence-corrected chi connectivity index (χ4v) is 3.64. The van der Waals surface area contributed by atoms with Crippen LogP contribution in [-0.2, 0) is 11.8 Å². The van der Waals surface area contributed by atoms with Crippen molar-refractivity contribution in [2.45, 2.75) is 75.5 Å². The lowest BCUT2D eigenvalue weighted by Crippen LogP contribution is -2.34. The van der Waals surface area contributed by atoms with Gasteiger partial charge in [0.2, 0.25) is 5.92 Å². The summed E-state index contributed by atoms with van der Waals surface area (Å²) in [6, 6.07) is 0. The van der Waals surface area contributed by atoms with E-state index in [-0.39, 0.29) is 24.7 Å². The molecule has 2 saturated carbocycles. The maximum absolute atomic E-state index is 13.3. The predicted octanol–water partition coefficient (Wildman–Crippen LogP) is 5.09. The largest absolute Gasteiger partial charge is 0.446 e. The van der Waals surface area contributed by atoms with Gasteiger partial charge in [0.15, 0.2) is 0 Å². The molecule has 2 fully saturated rings. The number of anilines is 1. The third kappa shape index (κ3) is 4.52. The van der Waals surface area contributed by atoms with E-state index >= 15 is 0 Å². The third-order valence-corrected chi connectivity index (χ3v) is 5.15. The quantitative estimate of drug-likeness (QED) is 0.707. The number of rotatable bonds is 5. The minimum Gasteiger partial charge on any atom is -0.446 e. The van der Waals surface area contributed by atoms with Crippen molar-refractivity contribution < 1.29 is 31.5 Å². The van der Waals surface area contributed by atoms with Crippen molar-refractivity contribution in [3.05, 3.63) is 11.3 Å². The Bertz CT molecular complexity index is 704. The van der Waals surface area contributed by atoms with Crippen LogP contribution >= 0.6 is 0 Å². The van der Waals surface area contributed by atoms with E-state index in [2.05, 4.69) is 10.4 Å². The summed E-state index contributed by atoms with van der Waals surface area (Å²) in [4.78, 5) is 12.0. The molecule has 0 bridgehead atoms. The number of halogens is 5. The summed E-state index contributed by atoms with van der Waals surface area (Å²) in [5.41, 5.74) is 1.26. The number of amides is 1. The monoisotopic (exact) mass is 395 g/mol. The predicted molar refractivity (Wildman–Crippen MR) is 87.0 cm³/mol. The third-order valence-electron chi connectivity index (χ3n) is 5.15. The van der Waals surface area contributed by atoms with Crippen LogP contribution in [0.4, 0.5) is 32.6 Å². The van der Waals surface area contributed by atoms with Crippen LogP contribution in [0.5, 0.6) is 0 Å². The van der Waals surface area contributed by atoms with Gasteiger partial charge in [-0.25, -0.2) is 13.6 Å². The van der Waals surface area contributed by atoms with E-state index in [9.17, 15) is 26.7 Å². The van der Waals surface area contributed by atoms with Gasteiger partial charge >= 0.3 is 12.3 Å². The number of hydrogen-bond donors (Lipinski definition) is 1. The molecule has 1 N–H and O–H groups in total. The Morgan fingerprint density at radius 1 is 1.33 bits per heavy atom. The fraction of sp³-hybridized carbons (Fsp3) is 0.765. The highest BCUT2D eigenvalue weighted by molar-refractivity contribution is 5.85. The fourth-order valence-electron chi connectivity index (χ4n) is 3.64. The van der Waals surface area contributed by atoms with Crippen LogP contribution in [0.1, 0.15) is 68.5 Å². The van der Waals surface area contributed by atoms with E-state index < -0.39 is 30.7 Å². The molecular weight excluding hydrogens is 373 g/mol. The molecule has 1 aromatic rings. The van der Waals surface area contributed by atoms with Crippen molar-refractivity contribution in [1.29, 1.82) is 0 Å². The van der Waals surface area contributed by atoms with Crippen molar-refractivity contribution in [3.8, 4) is 0 Å². The summed E-state index contributed by atoms with van der Waals surface area (Å²) in [5.74, 6) is -2.66. The van der Waals surface area contributed by atoms with Crippen molar-refractivity contribution in [2.75, 3.05) is 5.32 Å². The zero-order valence-electron chi connectivity index (χ0n) is 15.1. The molecule has 0 saturated heterocycles. The first-order chi connectivity index (χ1) is 12.5. The molecule has 2 aliphatic rings. The van der Waals surface area contributed by atoms with Crippen molar-refractivity contribution in [1.82, 2.24) is 9.78 Å². The van der Waals surface area contributed by atoms with Gasteiger partial charge in [0.05, 0.1) is 12.1 Å². The molecule has 5 nitrogen and oxygen atoms in total. The number of aromatic nitrogens is 2. The Labute approximate surface area is 153 Å². The maximum Gasteiger partial charge on any atom is 0.413 e. The van der Waals surface area contributed by atoms with E-state index in [4.69, 9.17) is 4.74 Å². The normalized spacial score (nSPS) is 21.3. The number of ether oxygens (including phenoxy) is 1. The Kier molecular flexibility index (Phi) is 5.11. The van der Waals surface area contributed by atoms with Crippen LogP contribution in [-0.4, -0.2) is 34.1 Å². The van der Waals surface area contributed by atoms with Crippen molar-refractivity contribution in [3.63, 3.8) is 0 Å². The molecule has 0 radical (unpaired) electrons. The zero-order valence-corrected chi connectivity index (χ0v) is 15.1. The summed E-state index contributed by atoms with van der Waals surface area (Å²) < 4.78 is 69.9. The van der Waals surface area contributed by atoms with Gasteiger partial charge in [0.25, 0.3) is 0 Å². The van der Waals surface area contributed by atoms with Crippen LogP contribution in [0, 0.1) is 0 Å². The number of nitrogens with one attached hydrogen (secondary N) is 1. The Morgan fingerprint density at radius 2 is 1.96 bits per heavy atom. The van der Waals surface area contributed by atoms with E-state index in [0.29, 0.717) is 17.1 Å². The maximum atomic E-state index is 13.3. The molecule has 1 unspecified atom stereocenters. The van der Waals surface area contributed by atoms with Crippen LogP contribution < -0.4 is 5.32 Å². The SMILES string of the molecule is CC(CC(F)(F)F)OC(=O)Nc1c(C2CCC2)c(C2CC(F)(F)C2)nn1C. The number of nitrogens with zero attached hydrogens (tertiary/aromatic N) is 2. The molecule has 152 valence electrons. The van der Waals surface area contributed by atoms with Gasteiger partial charge < -0.3 is 4.74 Å². The first kappa shape index (κ1) is 19.9. The smallest absolute Gasteiger partial charge is 0.413 e. The van der Waals surface area contributed by atoms with E-state index in [1.54, 1.807) is 7.05 Å². The molecular formula is C17H22F5N3O2. The van der Waals surface area contributed by atoms with E-state index in [0.717, 1.165) is 26.2 Å². The average molecular weight is 395 g/mol. The van der Waals surface area contributed by atoms with Gasteiger partial charge in [-0.05, 0) is 25.7 Å². The molecule has 2 aliphatic carbocycles. The number of carbonyl (C=O) groups is 1. The average Bonchev–Trinajstić information content (AvgIpc) is 2.69. The van der Waals surface area contributed by atoms with Gasteiger partial charge in [0.1, 0.15) is 11.9 Å². The number of hydrogen-bond acceptors (Lipinski definition) is 3. The number of carbonyl (C=O) groups excluding carboxylic acids is 1. The standard InChI is InChI=1S/C17H22F5N3O2/c1-9(6-17(20,21)22)27-15(26)23-14-12(10-4-3-5-10)13(24-25(14)2)11-7-16(18,19)8-11/h9-11H,3-8H2,1-2H3,(H,23,26). The molecule has 1 amide bonds. The molecule has 27 heavy (non-hydrogen) atoms. The molecule has 3 rings (SSSR count). The first-order valence-corrected chi connectivity index (χ1v) is 8.94. The Morgan fingerprint density at radius 3 is 2.44 bits per heavy atom. The van der Waals surface area contributed by atoms with E-state index in [1.165, 1.54) is 4.68 Å². The second-order valence-electron chi connectivity index (χ2n) is 7.52. The minimum atomic E-state index is -4.44. The molecule has 0 aromatic carbocycles.